The summed E-state index contributed by atoms with van der Waals surface area (Å²) in [7, 11) is 0. The fourth-order valence-corrected chi connectivity index (χ4v) is 1.95. The molecule has 0 fully saturated rings. The van der Waals surface area contributed by atoms with E-state index in [1.54, 1.807) is 38.1 Å². The number of Topliss-reactive ketones (excluding diaryl/α,β-unsaturated/α-hetero) is 1. The Morgan fingerprint density at radius 3 is 2.42 bits per heavy atom. The molecule has 0 aromatic heterocycles. The van der Waals surface area contributed by atoms with E-state index in [1.165, 1.54) is 6.08 Å². The molecular weight excluding hydrogens is 242 g/mol. The summed E-state index contributed by atoms with van der Waals surface area (Å²) in [6.07, 6.45) is 1.82. The lowest BCUT2D eigenvalue weighted by Crippen LogP contribution is -2.31. The zero-order chi connectivity index (χ0) is 14.0. The van der Waals surface area contributed by atoms with E-state index in [9.17, 15) is 14.7 Å². The molecule has 19 heavy (non-hydrogen) atoms. The molecule has 0 spiro atoms. The average molecular weight is 259 g/mol. The van der Waals surface area contributed by atoms with Crippen molar-refractivity contribution < 1.29 is 14.7 Å². The van der Waals surface area contributed by atoms with Gasteiger partial charge in [-0.15, -0.1) is 0 Å². The predicted octanol–water partition coefficient (Wildman–Crippen LogP) is 1.70. The molecule has 2 rings (SSSR count). The molecule has 4 nitrogen and oxygen atoms in total. The first-order chi connectivity index (χ1) is 8.88. The summed E-state index contributed by atoms with van der Waals surface area (Å²) < 4.78 is 0. The zero-order valence-corrected chi connectivity index (χ0v) is 11.1. The molecule has 0 bridgehead atoms. The summed E-state index contributed by atoms with van der Waals surface area (Å²) in [6, 6.07) is 6.79. The van der Waals surface area contributed by atoms with Gasteiger partial charge in [-0.1, -0.05) is 24.3 Å². The summed E-state index contributed by atoms with van der Waals surface area (Å²) in [5, 5.41) is 12.5. The quantitative estimate of drug-likeness (QED) is 0.863. The van der Waals surface area contributed by atoms with E-state index < -0.39 is 5.60 Å². The Labute approximate surface area is 112 Å². The lowest BCUT2D eigenvalue weighted by Gasteiger charge is -2.20. The third kappa shape index (κ3) is 3.09. The van der Waals surface area contributed by atoms with E-state index in [1.807, 2.05) is 0 Å². The maximum atomic E-state index is 12.2. The van der Waals surface area contributed by atoms with E-state index in [-0.39, 0.29) is 11.6 Å². The number of benzene rings is 1. The van der Waals surface area contributed by atoms with Crippen LogP contribution in [0.25, 0.3) is 0 Å². The van der Waals surface area contributed by atoms with E-state index in [0.29, 0.717) is 29.8 Å². The molecule has 0 heterocycles. The van der Waals surface area contributed by atoms with Crippen molar-refractivity contribution in [3.05, 3.63) is 47.2 Å². The van der Waals surface area contributed by atoms with E-state index in [2.05, 4.69) is 5.32 Å². The number of ketones is 2. The van der Waals surface area contributed by atoms with Gasteiger partial charge in [0.25, 0.3) is 0 Å². The lowest BCUT2D eigenvalue weighted by molar-refractivity contribution is 0.0714. The smallest absolute Gasteiger partial charge is 0.209 e. The van der Waals surface area contributed by atoms with Crippen molar-refractivity contribution in [2.45, 2.75) is 25.9 Å². The molecule has 1 aliphatic carbocycles. The number of allylic oxidation sites excluding steroid dienone is 2. The summed E-state index contributed by atoms with van der Waals surface area (Å²) in [5.41, 5.74) is 0.377. The largest absolute Gasteiger partial charge is 0.390 e. The van der Waals surface area contributed by atoms with Crippen LogP contribution in [0.5, 0.6) is 0 Å². The first-order valence-corrected chi connectivity index (χ1v) is 6.24. The average Bonchev–Trinajstić information content (AvgIpc) is 2.34. The third-order valence-electron chi connectivity index (χ3n) is 3.01. The van der Waals surface area contributed by atoms with Gasteiger partial charge in [-0.3, -0.25) is 9.59 Å². The SMILES string of the molecule is CC(C)(O)CCNC1=CC(=O)c2ccccc2C1=O. The zero-order valence-electron chi connectivity index (χ0n) is 11.1. The molecule has 0 unspecified atom stereocenters. The van der Waals surface area contributed by atoms with Gasteiger partial charge in [0.15, 0.2) is 5.78 Å². The van der Waals surface area contributed by atoms with Gasteiger partial charge >= 0.3 is 0 Å². The highest BCUT2D eigenvalue weighted by molar-refractivity contribution is 6.24. The highest BCUT2D eigenvalue weighted by Crippen LogP contribution is 2.19. The van der Waals surface area contributed by atoms with Crippen LogP contribution in [0.3, 0.4) is 0 Å². The molecule has 1 aliphatic rings. The fraction of sp³-hybridized carbons (Fsp3) is 0.333. The topological polar surface area (TPSA) is 66.4 Å². The number of aliphatic hydroxyl groups is 1. The van der Waals surface area contributed by atoms with Crippen LogP contribution in [0.4, 0.5) is 0 Å². The monoisotopic (exact) mass is 259 g/mol. The fourth-order valence-electron chi connectivity index (χ4n) is 1.95. The van der Waals surface area contributed by atoms with Crippen LogP contribution in [0, 0.1) is 0 Å². The van der Waals surface area contributed by atoms with Gasteiger partial charge in [0.2, 0.25) is 5.78 Å². The van der Waals surface area contributed by atoms with Gasteiger partial charge in [0.1, 0.15) is 0 Å². The number of hydrogen-bond donors (Lipinski definition) is 2. The Hall–Kier alpha value is -1.94. The molecule has 0 saturated carbocycles. The van der Waals surface area contributed by atoms with Gasteiger partial charge in [0.05, 0.1) is 11.3 Å². The van der Waals surface area contributed by atoms with Crippen LogP contribution in [-0.2, 0) is 0 Å². The minimum Gasteiger partial charge on any atom is -0.390 e. The minimum atomic E-state index is -0.798. The van der Waals surface area contributed by atoms with Crippen molar-refractivity contribution in [1.82, 2.24) is 5.32 Å². The molecule has 2 N–H and O–H groups in total. The van der Waals surface area contributed by atoms with E-state index >= 15 is 0 Å². The molecule has 0 saturated heterocycles. The summed E-state index contributed by atoms with van der Waals surface area (Å²) in [5.74, 6) is -0.341. The van der Waals surface area contributed by atoms with Crippen LogP contribution in [-0.4, -0.2) is 28.8 Å². The predicted molar refractivity (Wildman–Crippen MR) is 72.1 cm³/mol. The number of nitrogens with one attached hydrogen (secondary N) is 1. The molecule has 0 radical (unpaired) electrons. The van der Waals surface area contributed by atoms with Crippen LogP contribution in [0.15, 0.2) is 36.0 Å². The number of rotatable bonds is 4. The van der Waals surface area contributed by atoms with Crippen LogP contribution >= 0.6 is 0 Å². The van der Waals surface area contributed by atoms with Crippen molar-refractivity contribution in [2.75, 3.05) is 6.54 Å². The normalized spacial score (nSPS) is 15.0. The van der Waals surface area contributed by atoms with E-state index in [4.69, 9.17) is 0 Å². The van der Waals surface area contributed by atoms with Crippen molar-refractivity contribution >= 4 is 11.6 Å². The first kappa shape index (κ1) is 13.5. The van der Waals surface area contributed by atoms with Gasteiger partial charge in [-0.2, -0.15) is 0 Å². The van der Waals surface area contributed by atoms with Crippen LogP contribution in [0.2, 0.25) is 0 Å². The standard InChI is InChI=1S/C15H17NO3/c1-15(2,19)7-8-16-12-9-13(17)10-5-3-4-6-11(10)14(12)18/h3-6,9,16,19H,7-8H2,1-2H3. The molecule has 0 aliphatic heterocycles. The minimum absolute atomic E-state index is 0.166. The molecule has 4 heteroatoms. The second-order valence-electron chi connectivity index (χ2n) is 5.29. The summed E-state index contributed by atoms with van der Waals surface area (Å²) in [6.45, 7) is 3.84. The summed E-state index contributed by atoms with van der Waals surface area (Å²) in [4.78, 5) is 24.1. The van der Waals surface area contributed by atoms with Gasteiger partial charge in [0, 0.05) is 23.7 Å². The maximum Gasteiger partial charge on any atom is 0.209 e. The molecular formula is C15H17NO3. The Morgan fingerprint density at radius 1 is 1.16 bits per heavy atom. The van der Waals surface area contributed by atoms with Crippen LogP contribution in [0.1, 0.15) is 41.0 Å². The number of carbonyl (C=O) groups is 2. The lowest BCUT2D eigenvalue weighted by atomic mass is 9.92. The molecule has 1 aromatic carbocycles. The first-order valence-electron chi connectivity index (χ1n) is 6.24. The van der Waals surface area contributed by atoms with Crippen molar-refractivity contribution in [3.63, 3.8) is 0 Å². The van der Waals surface area contributed by atoms with Gasteiger partial charge < -0.3 is 10.4 Å². The highest BCUT2D eigenvalue weighted by atomic mass is 16.3. The van der Waals surface area contributed by atoms with Crippen LogP contribution < -0.4 is 5.32 Å². The summed E-state index contributed by atoms with van der Waals surface area (Å²) >= 11 is 0. The highest BCUT2D eigenvalue weighted by Gasteiger charge is 2.25. The van der Waals surface area contributed by atoms with Gasteiger partial charge in [-0.05, 0) is 20.3 Å². The number of hydrogen-bond acceptors (Lipinski definition) is 4. The van der Waals surface area contributed by atoms with Crippen molar-refractivity contribution in [3.8, 4) is 0 Å². The second kappa shape index (κ2) is 4.97. The Balaban J connectivity index is 2.12. The molecule has 100 valence electrons. The number of carbonyl (C=O) groups excluding carboxylic acids is 2. The Bertz CT molecular complexity index is 553. The maximum absolute atomic E-state index is 12.2. The van der Waals surface area contributed by atoms with E-state index in [0.717, 1.165) is 0 Å². The Kier molecular flexibility index (Phi) is 3.53. The Morgan fingerprint density at radius 2 is 1.79 bits per heavy atom. The second-order valence-corrected chi connectivity index (χ2v) is 5.29. The molecule has 0 amide bonds. The molecule has 1 aromatic rings. The van der Waals surface area contributed by atoms with Crippen molar-refractivity contribution in [1.29, 1.82) is 0 Å². The van der Waals surface area contributed by atoms with Crippen molar-refractivity contribution in [2.24, 2.45) is 0 Å². The van der Waals surface area contributed by atoms with Gasteiger partial charge in [-0.25, -0.2) is 0 Å². The molecule has 0 atom stereocenters. The third-order valence-corrected chi connectivity index (χ3v) is 3.01. The number of fused-ring (bicyclic) bond motifs is 1.